The molecule has 0 spiro atoms. The number of amides is 1. The number of benzene rings is 1. The lowest BCUT2D eigenvalue weighted by Gasteiger charge is -2.26. The van der Waals surface area contributed by atoms with Gasteiger partial charge in [-0.2, -0.15) is 0 Å². The highest BCUT2D eigenvalue weighted by atomic mass is 79.9. The molecule has 0 aliphatic carbocycles. The molecule has 0 atom stereocenters. The second-order valence-corrected chi connectivity index (χ2v) is 5.92. The van der Waals surface area contributed by atoms with Crippen molar-refractivity contribution in [2.75, 3.05) is 51.3 Å². The van der Waals surface area contributed by atoms with Crippen LogP contribution in [0.15, 0.2) is 28.7 Å². The summed E-state index contributed by atoms with van der Waals surface area (Å²) in [4.78, 5) is 14.1. The number of hydrogen-bond acceptors (Lipinski definition) is 4. The normalized spacial score (nSPS) is 15.9. The fourth-order valence-corrected chi connectivity index (χ4v) is 2.41. The van der Waals surface area contributed by atoms with Gasteiger partial charge in [0.2, 0.25) is 5.91 Å². The molecule has 21 heavy (non-hydrogen) atoms. The molecule has 0 unspecified atom stereocenters. The van der Waals surface area contributed by atoms with Crippen molar-refractivity contribution in [1.82, 2.24) is 10.2 Å². The van der Waals surface area contributed by atoms with Crippen LogP contribution in [0, 0.1) is 0 Å². The average molecular weight is 356 g/mol. The maximum Gasteiger partial charge on any atom is 0.225 e. The van der Waals surface area contributed by atoms with E-state index in [1.54, 1.807) is 0 Å². The molecule has 6 heteroatoms. The smallest absolute Gasteiger partial charge is 0.225 e. The van der Waals surface area contributed by atoms with Gasteiger partial charge in [0.1, 0.15) is 0 Å². The van der Waals surface area contributed by atoms with Gasteiger partial charge in [-0.15, -0.1) is 0 Å². The number of carbonyl (C=O) groups is 1. The van der Waals surface area contributed by atoms with Crippen molar-refractivity contribution in [2.45, 2.75) is 6.42 Å². The predicted molar refractivity (Wildman–Crippen MR) is 87.5 cm³/mol. The Hall–Kier alpha value is -0.950. The minimum atomic E-state index is 0.0381. The standard InChI is InChI=1S/C15H22BrN3O2/c16-13-1-3-14(4-2-13)18-15(20)5-6-17-7-8-19-9-11-21-12-10-19/h1-4,17H,5-12H2,(H,18,20). The lowest BCUT2D eigenvalue weighted by atomic mass is 10.3. The monoisotopic (exact) mass is 355 g/mol. The molecule has 1 aliphatic rings. The summed E-state index contributed by atoms with van der Waals surface area (Å²) < 4.78 is 6.31. The van der Waals surface area contributed by atoms with E-state index >= 15 is 0 Å². The minimum Gasteiger partial charge on any atom is -0.379 e. The Morgan fingerprint density at radius 3 is 2.62 bits per heavy atom. The summed E-state index contributed by atoms with van der Waals surface area (Å²) in [5, 5.41) is 6.19. The first-order valence-electron chi connectivity index (χ1n) is 7.30. The van der Waals surface area contributed by atoms with Crippen LogP contribution in [0.2, 0.25) is 0 Å². The molecule has 1 saturated heterocycles. The molecule has 0 radical (unpaired) electrons. The summed E-state index contributed by atoms with van der Waals surface area (Å²) in [5.41, 5.74) is 0.830. The highest BCUT2D eigenvalue weighted by molar-refractivity contribution is 9.10. The maximum absolute atomic E-state index is 11.8. The topological polar surface area (TPSA) is 53.6 Å². The number of hydrogen-bond donors (Lipinski definition) is 2. The van der Waals surface area contributed by atoms with Gasteiger partial charge < -0.3 is 15.4 Å². The predicted octanol–water partition coefficient (Wildman–Crippen LogP) is 1.70. The average Bonchev–Trinajstić information content (AvgIpc) is 2.50. The van der Waals surface area contributed by atoms with Gasteiger partial charge in [-0.3, -0.25) is 9.69 Å². The van der Waals surface area contributed by atoms with Gasteiger partial charge in [0, 0.05) is 49.3 Å². The largest absolute Gasteiger partial charge is 0.379 e. The van der Waals surface area contributed by atoms with E-state index in [1.807, 2.05) is 24.3 Å². The van der Waals surface area contributed by atoms with Crippen LogP contribution in [-0.2, 0) is 9.53 Å². The van der Waals surface area contributed by atoms with Crippen LogP contribution in [0.3, 0.4) is 0 Å². The first kappa shape index (κ1) is 16.4. The molecule has 0 aromatic heterocycles. The Bertz CT molecular complexity index is 433. The molecule has 1 heterocycles. The molecule has 1 amide bonds. The van der Waals surface area contributed by atoms with Crippen LogP contribution < -0.4 is 10.6 Å². The van der Waals surface area contributed by atoms with Crippen molar-refractivity contribution in [3.63, 3.8) is 0 Å². The minimum absolute atomic E-state index is 0.0381. The first-order valence-corrected chi connectivity index (χ1v) is 8.09. The van der Waals surface area contributed by atoms with Crippen molar-refractivity contribution in [3.8, 4) is 0 Å². The summed E-state index contributed by atoms with van der Waals surface area (Å²) in [6.45, 7) is 6.29. The number of morpholine rings is 1. The van der Waals surface area contributed by atoms with E-state index in [4.69, 9.17) is 4.74 Å². The Balaban J connectivity index is 1.53. The van der Waals surface area contributed by atoms with Crippen LogP contribution in [0.5, 0.6) is 0 Å². The van der Waals surface area contributed by atoms with Gasteiger partial charge in [-0.25, -0.2) is 0 Å². The van der Waals surface area contributed by atoms with Gasteiger partial charge in [0.15, 0.2) is 0 Å². The molecule has 1 fully saturated rings. The van der Waals surface area contributed by atoms with Crippen LogP contribution in [0.25, 0.3) is 0 Å². The molecule has 1 aromatic carbocycles. The molecule has 0 bridgehead atoms. The molecule has 2 rings (SSSR count). The van der Waals surface area contributed by atoms with Crippen molar-refractivity contribution in [1.29, 1.82) is 0 Å². The third-order valence-electron chi connectivity index (χ3n) is 3.37. The van der Waals surface area contributed by atoms with Crippen LogP contribution in [-0.4, -0.2) is 56.7 Å². The zero-order valence-corrected chi connectivity index (χ0v) is 13.7. The molecule has 0 saturated carbocycles. The molecule has 2 N–H and O–H groups in total. The first-order chi connectivity index (χ1) is 10.2. The molecular formula is C15H22BrN3O2. The Morgan fingerprint density at radius 1 is 1.19 bits per heavy atom. The number of carbonyl (C=O) groups excluding carboxylic acids is 1. The van der Waals surface area contributed by atoms with Crippen molar-refractivity contribution >= 4 is 27.5 Å². The fraction of sp³-hybridized carbons (Fsp3) is 0.533. The zero-order valence-electron chi connectivity index (χ0n) is 12.1. The van der Waals surface area contributed by atoms with Crippen LogP contribution in [0.4, 0.5) is 5.69 Å². The van der Waals surface area contributed by atoms with Crippen molar-refractivity contribution < 1.29 is 9.53 Å². The van der Waals surface area contributed by atoms with E-state index in [1.165, 1.54) is 0 Å². The highest BCUT2D eigenvalue weighted by Gasteiger charge is 2.09. The van der Waals surface area contributed by atoms with E-state index in [-0.39, 0.29) is 5.91 Å². The van der Waals surface area contributed by atoms with E-state index in [0.717, 1.165) is 49.6 Å². The van der Waals surface area contributed by atoms with Gasteiger partial charge in [0.05, 0.1) is 13.2 Å². The SMILES string of the molecule is O=C(CCNCCN1CCOCC1)Nc1ccc(Br)cc1. The Kier molecular flexibility index (Phi) is 7.15. The van der Waals surface area contributed by atoms with Gasteiger partial charge in [-0.1, -0.05) is 15.9 Å². The summed E-state index contributed by atoms with van der Waals surface area (Å²) in [6.07, 6.45) is 0.485. The fourth-order valence-electron chi connectivity index (χ4n) is 2.15. The molecule has 1 aromatic rings. The number of nitrogens with zero attached hydrogens (tertiary/aromatic N) is 1. The quantitative estimate of drug-likeness (QED) is 0.731. The number of nitrogens with one attached hydrogen (secondary N) is 2. The third kappa shape index (κ3) is 6.56. The summed E-state index contributed by atoms with van der Waals surface area (Å²) in [7, 11) is 0. The lowest BCUT2D eigenvalue weighted by molar-refractivity contribution is -0.116. The van der Waals surface area contributed by atoms with Crippen LogP contribution in [0.1, 0.15) is 6.42 Å². The molecule has 1 aliphatic heterocycles. The number of halogens is 1. The van der Waals surface area contributed by atoms with E-state index in [9.17, 15) is 4.79 Å². The number of anilines is 1. The van der Waals surface area contributed by atoms with Gasteiger partial charge in [0.25, 0.3) is 0 Å². The summed E-state index contributed by atoms with van der Waals surface area (Å²) in [6, 6.07) is 7.59. The van der Waals surface area contributed by atoms with E-state index in [0.29, 0.717) is 13.0 Å². The third-order valence-corrected chi connectivity index (χ3v) is 3.89. The van der Waals surface area contributed by atoms with Gasteiger partial charge >= 0.3 is 0 Å². The summed E-state index contributed by atoms with van der Waals surface area (Å²) >= 11 is 3.37. The number of rotatable bonds is 7. The lowest BCUT2D eigenvalue weighted by Crippen LogP contribution is -2.40. The van der Waals surface area contributed by atoms with Gasteiger partial charge in [-0.05, 0) is 24.3 Å². The Morgan fingerprint density at radius 2 is 1.90 bits per heavy atom. The Labute approximate surface area is 134 Å². The van der Waals surface area contributed by atoms with E-state index < -0.39 is 0 Å². The van der Waals surface area contributed by atoms with Crippen LogP contribution >= 0.6 is 15.9 Å². The molecule has 116 valence electrons. The molecular weight excluding hydrogens is 334 g/mol. The van der Waals surface area contributed by atoms with Crippen molar-refractivity contribution in [2.24, 2.45) is 0 Å². The summed E-state index contributed by atoms with van der Waals surface area (Å²) in [5.74, 6) is 0.0381. The second-order valence-electron chi connectivity index (χ2n) is 5.01. The second kappa shape index (κ2) is 9.15. The highest BCUT2D eigenvalue weighted by Crippen LogP contribution is 2.14. The number of ether oxygens (including phenoxy) is 1. The maximum atomic E-state index is 11.8. The zero-order chi connectivity index (χ0) is 14.9. The van der Waals surface area contributed by atoms with E-state index in [2.05, 4.69) is 31.5 Å². The van der Waals surface area contributed by atoms with Crippen molar-refractivity contribution in [3.05, 3.63) is 28.7 Å². The molecule has 5 nitrogen and oxygen atoms in total.